The van der Waals surface area contributed by atoms with Crippen LogP contribution in [0.3, 0.4) is 0 Å². The van der Waals surface area contributed by atoms with Gasteiger partial charge in [0.25, 0.3) is 0 Å². The second-order valence-electron chi connectivity index (χ2n) is 5.12. The molecule has 1 amide bonds. The van der Waals surface area contributed by atoms with Crippen LogP contribution in [0.1, 0.15) is 32.6 Å². The minimum absolute atomic E-state index is 0.0776. The fraction of sp³-hybridized carbons (Fsp3) is 0.769. The monoisotopic (exact) mass is 222 g/mol. The molecule has 2 aliphatic rings. The number of hydrogen-bond acceptors (Lipinski definition) is 2. The molecule has 2 aliphatic carbocycles. The molecule has 2 N–H and O–H groups in total. The van der Waals surface area contributed by atoms with Crippen LogP contribution in [0.2, 0.25) is 0 Å². The molecular weight excluding hydrogens is 200 g/mol. The Kier molecular flexibility index (Phi) is 3.64. The number of hydrogen-bond donors (Lipinski definition) is 2. The van der Waals surface area contributed by atoms with Gasteiger partial charge in [0.2, 0.25) is 5.91 Å². The molecule has 0 bridgehead atoms. The van der Waals surface area contributed by atoms with Gasteiger partial charge in [0, 0.05) is 12.6 Å². The summed E-state index contributed by atoms with van der Waals surface area (Å²) in [6, 6.07) is 0.510. The topological polar surface area (TPSA) is 41.1 Å². The second kappa shape index (κ2) is 5.00. The Morgan fingerprint density at radius 1 is 1.38 bits per heavy atom. The van der Waals surface area contributed by atoms with E-state index in [-0.39, 0.29) is 11.9 Å². The van der Waals surface area contributed by atoms with Crippen LogP contribution in [0.15, 0.2) is 12.7 Å². The number of amides is 1. The Morgan fingerprint density at radius 2 is 1.94 bits per heavy atom. The van der Waals surface area contributed by atoms with Crippen molar-refractivity contribution in [3.63, 3.8) is 0 Å². The predicted molar refractivity (Wildman–Crippen MR) is 65.0 cm³/mol. The zero-order chi connectivity index (χ0) is 11.5. The lowest BCUT2D eigenvalue weighted by Gasteiger charge is -2.22. The van der Waals surface area contributed by atoms with Gasteiger partial charge >= 0.3 is 0 Å². The van der Waals surface area contributed by atoms with Gasteiger partial charge in [-0.15, -0.1) is 6.58 Å². The van der Waals surface area contributed by atoms with Crippen molar-refractivity contribution in [2.75, 3.05) is 6.54 Å². The summed E-state index contributed by atoms with van der Waals surface area (Å²) in [4.78, 5) is 11.7. The lowest BCUT2D eigenvalue weighted by molar-refractivity contribution is -0.122. The third-order valence-corrected chi connectivity index (χ3v) is 3.52. The van der Waals surface area contributed by atoms with Crippen molar-refractivity contribution in [2.45, 2.75) is 44.7 Å². The Labute approximate surface area is 97.7 Å². The van der Waals surface area contributed by atoms with Crippen molar-refractivity contribution in [1.29, 1.82) is 0 Å². The molecule has 0 heterocycles. The molecule has 1 unspecified atom stereocenters. The van der Waals surface area contributed by atoms with Gasteiger partial charge in [-0.1, -0.05) is 6.08 Å². The first-order valence-electron chi connectivity index (χ1n) is 6.37. The Hall–Kier alpha value is -0.830. The zero-order valence-corrected chi connectivity index (χ0v) is 10.0. The molecular formula is C13H22N2O. The molecule has 0 aliphatic heterocycles. The third-order valence-electron chi connectivity index (χ3n) is 3.52. The molecule has 0 spiro atoms. The van der Waals surface area contributed by atoms with Gasteiger partial charge in [-0.25, -0.2) is 0 Å². The van der Waals surface area contributed by atoms with Gasteiger partial charge in [-0.05, 0) is 44.4 Å². The first-order valence-corrected chi connectivity index (χ1v) is 6.37. The summed E-state index contributed by atoms with van der Waals surface area (Å²) in [7, 11) is 0. The molecule has 0 saturated heterocycles. The average Bonchev–Trinajstić information content (AvgIpc) is 3.15. The lowest BCUT2D eigenvalue weighted by atomic mass is 10.1. The Morgan fingerprint density at radius 3 is 2.38 bits per heavy atom. The fourth-order valence-electron chi connectivity index (χ4n) is 2.26. The molecule has 90 valence electrons. The van der Waals surface area contributed by atoms with E-state index in [1.54, 1.807) is 6.08 Å². The maximum atomic E-state index is 11.7. The number of carbonyl (C=O) groups excluding carboxylic acids is 1. The average molecular weight is 222 g/mol. The SMILES string of the molecule is C=CCNC(=O)C(C)NC(C1CC1)C1CC1. The van der Waals surface area contributed by atoms with E-state index in [0.717, 1.165) is 11.8 Å². The maximum Gasteiger partial charge on any atom is 0.237 e. The normalized spacial score (nSPS) is 21.9. The van der Waals surface area contributed by atoms with E-state index in [9.17, 15) is 4.79 Å². The minimum atomic E-state index is -0.0776. The highest BCUT2D eigenvalue weighted by Gasteiger charge is 2.42. The van der Waals surface area contributed by atoms with Crippen molar-refractivity contribution in [3.8, 4) is 0 Å². The Balaban J connectivity index is 1.77. The molecule has 0 aromatic carbocycles. The van der Waals surface area contributed by atoms with E-state index in [4.69, 9.17) is 0 Å². The van der Waals surface area contributed by atoms with Crippen LogP contribution < -0.4 is 10.6 Å². The van der Waals surface area contributed by atoms with Gasteiger partial charge in [-0.2, -0.15) is 0 Å². The maximum absolute atomic E-state index is 11.7. The fourth-order valence-corrected chi connectivity index (χ4v) is 2.26. The summed E-state index contributed by atoms with van der Waals surface area (Å²) in [6.45, 7) is 6.11. The molecule has 0 aromatic heterocycles. The van der Waals surface area contributed by atoms with Gasteiger partial charge in [0.15, 0.2) is 0 Å². The first-order chi connectivity index (χ1) is 7.72. The van der Waals surface area contributed by atoms with Crippen LogP contribution in [-0.4, -0.2) is 24.5 Å². The number of nitrogens with one attached hydrogen (secondary N) is 2. The molecule has 1 atom stereocenters. The second-order valence-corrected chi connectivity index (χ2v) is 5.12. The van der Waals surface area contributed by atoms with Crippen LogP contribution >= 0.6 is 0 Å². The van der Waals surface area contributed by atoms with Gasteiger partial charge in [0.1, 0.15) is 0 Å². The summed E-state index contributed by atoms with van der Waals surface area (Å²) >= 11 is 0. The summed E-state index contributed by atoms with van der Waals surface area (Å²) < 4.78 is 0. The van der Waals surface area contributed by atoms with Crippen molar-refractivity contribution in [2.24, 2.45) is 11.8 Å². The molecule has 2 rings (SSSR count). The molecule has 0 radical (unpaired) electrons. The van der Waals surface area contributed by atoms with E-state index in [0.29, 0.717) is 12.6 Å². The molecule has 3 heteroatoms. The van der Waals surface area contributed by atoms with Crippen molar-refractivity contribution < 1.29 is 4.79 Å². The summed E-state index contributed by atoms with van der Waals surface area (Å²) in [5.41, 5.74) is 0. The summed E-state index contributed by atoms with van der Waals surface area (Å²) in [5, 5.41) is 6.34. The van der Waals surface area contributed by atoms with E-state index < -0.39 is 0 Å². The third kappa shape index (κ3) is 3.08. The van der Waals surface area contributed by atoms with Crippen LogP contribution in [0.5, 0.6) is 0 Å². The minimum Gasteiger partial charge on any atom is -0.351 e. The van der Waals surface area contributed by atoms with E-state index >= 15 is 0 Å². The molecule has 2 saturated carbocycles. The molecule has 3 nitrogen and oxygen atoms in total. The van der Waals surface area contributed by atoms with Crippen LogP contribution in [0.25, 0.3) is 0 Å². The summed E-state index contributed by atoms with van der Waals surface area (Å²) in [5.74, 6) is 1.76. The summed E-state index contributed by atoms with van der Waals surface area (Å²) in [6.07, 6.45) is 7.08. The van der Waals surface area contributed by atoms with Crippen LogP contribution in [-0.2, 0) is 4.79 Å². The highest BCUT2D eigenvalue weighted by molar-refractivity contribution is 5.81. The number of carbonyl (C=O) groups is 1. The standard InChI is InChI=1S/C13H22N2O/c1-3-8-14-13(16)9(2)15-12(10-4-5-10)11-6-7-11/h3,9-12,15H,1,4-8H2,2H3,(H,14,16). The van der Waals surface area contributed by atoms with Crippen molar-refractivity contribution in [3.05, 3.63) is 12.7 Å². The van der Waals surface area contributed by atoms with Crippen molar-refractivity contribution >= 4 is 5.91 Å². The smallest absolute Gasteiger partial charge is 0.237 e. The van der Waals surface area contributed by atoms with E-state index in [1.165, 1.54) is 25.7 Å². The quantitative estimate of drug-likeness (QED) is 0.640. The largest absolute Gasteiger partial charge is 0.351 e. The molecule has 0 aromatic rings. The lowest BCUT2D eigenvalue weighted by Crippen LogP contribution is -2.48. The molecule has 16 heavy (non-hydrogen) atoms. The Bertz CT molecular complexity index is 257. The van der Waals surface area contributed by atoms with Crippen LogP contribution in [0.4, 0.5) is 0 Å². The highest BCUT2D eigenvalue weighted by atomic mass is 16.2. The van der Waals surface area contributed by atoms with Crippen LogP contribution in [0, 0.1) is 11.8 Å². The van der Waals surface area contributed by atoms with Crippen molar-refractivity contribution in [1.82, 2.24) is 10.6 Å². The zero-order valence-electron chi connectivity index (χ0n) is 10.0. The highest BCUT2D eigenvalue weighted by Crippen LogP contribution is 2.44. The number of rotatable bonds is 7. The van der Waals surface area contributed by atoms with E-state index in [2.05, 4.69) is 17.2 Å². The molecule has 2 fully saturated rings. The van der Waals surface area contributed by atoms with E-state index in [1.807, 2.05) is 6.92 Å². The van der Waals surface area contributed by atoms with Gasteiger partial charge < -0.3 is 10.6 Å². The predicted octanol–water partition coefficient (Wildman–Crippen LogP) is 1.46. The van der Waals surface area contributed by atoms with Gasteiger partial charge in [0.05, 0.1) is 6.04 Å². The first kappa shape index (κ1) is 11.6. The van der Waals surface area contributed by atoms with Gasteiger partial charge in [-0.3, -0.25) is 4.79 Å².